The van der Waals surface area contributed by atoms with Crippen LogP contribution in [0.15, 0.2) is 66.7 Å². The molecule has 9 heteroatoms. The molecule has 2 aliphatic rings. The number of benzene rings is 3. The van der Waals surface area contributed by atoms with Crippen molar-refractivity contribution >= 4 is 40.2 Å². The number of amides is 3. The zero-order valence-corrected chi connectivity index (χ0v) is 21.2. The number of rotatable bonds is 5. The molecule has 0 saturated heterocycles. The summed E-state index contributed by atoms with van der Waals surface area (Å²) in [4.78, 5) is 45.0. The molecular formula is C29H24ClFN4O3. The van der Waals surface area contributed by atoms with Gasteiger partial charge in [0.1, 0.15) is 17.9 Å². The van der Waals surface area contributed by atoms with E-state index in [9.17, 15) is 18.8 Å². The van der Waals surface area contributed by atoms with Crippen LogP contribution in [0.5, 0.6) is 0 Å². The highest BCUT2D eigenvalue weighted by atomic mass is 35.5. The van der Waals surface area contributed by atoms with E-state index in [1.54, 1.807) is 24.0 Å². The number of aromatic nitrogens is 1. The summed E-state index contributed by atoms with van der Waals surface area (Å²) in [5, 5.41) is 6.60. The Morgan fingerprint density at radius 3 is 2.68 bits per heavy atom. The number of hydrogen-bond donors (Lipinski definition) is 3. The molecule has 0 saturated carbocycles. The average molecular weight is 531 g/mol. The van der Waals surface area contributed by atoms with Crippen LogP contribution in [0.2, 0.25) is 5.02 Å². The van der Waals surface area contributed by atoms with Crippen LogP contribution >= 0.6 is 11.6 Å². The lowest BCUT2D eigenvalue weighted by Crippen LogP contribution is -2.55. The molecule has 0 spiro atoms. The third-order valence-corrected chi connectivity index (χ3v) is 7.76. The number of nitrogens with zero attached hydrogens (tertiary/aromatic N) is 1. The van der Waals surface area contributed by atoms with E-state index >= 15 is 0 Å². The maximum absolute atomic E-state index is 14.1. The monoisotopic (exact) mass is 530 g/mol. The van der Waals surface area contributed by atoms with E-state index < -0.39 is 35.8 Å². The Morgan fingerprint density at radius 2 is 1.87 bits per heavy atom. The molecule has 7 nitrogen and oxygen atoms in total. The quantitative estimate of drug-likeness (QED) is 0.360. The van der Waals surface area contributed by atoms with Crippen molar-refractivity contribution in [3.8, 4) is 0 Å². The molecule has 0 bridgehead atoms. The fourth-order valence-corrected chi connectivity index (χ4v) is 5.77. The number of fused-ring (bicyclic) bond motifs is 7. The normalized spacial score (nSPS) is 18.5. The molecule has 192 valence electrons. The Kier molecular flexibility index (Phi) is 5.91. The fraction of sp³-hybridized carbons (Fsp3) is 0.207. The van der Waals surface area contributed by atoms with Gasteiger partial charge < -0.3 is 20.5 Å². The van der Waals surface area contributed by atoms with Gasteiger partial charge in [0, 0.05) is 45.7 Å². The number of nitrogens with one attached hydrogen (secondary N) is 3. The zero-order valence-electron chi connectivity index (χ0n) is 20.4. The second-order valence-electron chi connectivity index (χ2n) is 9.63. The number of para-hydroxylation sites is 1. The van der Waals surface area contributed by atoms with Crippen molar-refractivity contribution in [3.63, 3.8) is 0 Å². The Labute approximate surface area is 223 Å². The maximum Gasteiger partial charge on any atom is 0.255 e. The van der Waals surface area contributed by atoms with Crippen LogP contribution < -0.4 is 10.6 Å². The number of carbonyl (C=O) groups is 3. The summed E-state index contributed by atoms with van der Waals surface area (Å²) < 4.78 is 14.1. The Hall–Kier alpha value is -4.17. The summed E-state index contributed by atoms with van der Waals surface area (Å²) in [6.07, 6.45) is 0.306. The van der Waals surface area contributed by atoms with E-state index in [2.05, 4.69) is 15.6 Å². The average Bonchev–Trinajstić information content (AvgIpc) is 3.43. The smallest absolute Gasteiger partial charge is 0.255 e. The molecule has 3 heterocycles. The van der Waals surface area contributed by atoms with Crippen LogP contribution in [-0.2, 0) is 22.6 Å². The van der Waals surface area contributed by atoms with Gasteiger partial charge in [0.25, 0.3) is 5.91 Å². The van der Waals surface area contributed by atoms with Crippen LogP contribution in [0.4, 0.5) is 4.39 Å². The van der Waals surface area contributed by atoms with Crippen LogP contribution in [-0.4, -0.2) is 39.7 Å². The molecule has 38 heavy (non-hydrogen) atoms. The number of carbonyl (C=O) groups excluding carboxylic acids is 3. The molecule has 6 rings (SSSR count). The van der Waals surface area contributed by atoms with Gasteiger partial charge in [-0.3, -0.25) is 14.4 Å². The van der Waals surface area contributed by atoms with Gasteiger partial charge in [0.05, 0.1) is 6.04 Å². The van der Waals surface area contributed by atoms with Crippen LogP contribution in [0.25, 0.3) is 10.9 Å². The van der Waals surface area contributed by atoms with Crippen LogP contribution in [0.3, 0.4) is 0 Å². The molecular weight excluding hydrogens is 507 g/mol. The predicted octanol–water partition coefficient (Wildman–Crippen LogP) is 4.25. The van der Waals surface area contributed by atoms with Gasteiger partial charge >= 0.3 is 0 Å². The molecule has 0 unspecified atom stereocenters. The van der Waals surface area contributed by atoms with E-state index in [-0.39, 0.29) is 23.0 Å². The minimum atomic E-state index is -0.920. The summed E-state index contributed by atoms with van der Waals surface area (Å²) in [6, 6.07) is 17.4. The minimum Gasteiger partial charge on any atom is -0.356 e. The summed E-state index contributed by atoms with van der Waals surface area (Å²) in [5.74, 6) is -1.67. The first-order valence-corrected chi connectivity index (χ1v) is 12.7. The van der Waals surface area contributed by atoms with Crippen LogP contribution in [0, 0.1) is 5.82 Å². The first-order chi connectivity index (χ1) is 18.3. The van der Waals surface area contributed by atoms with E-state index in [1.165, 1.54) is 12.1 Å². The summed E-state index contributed by atoms with van der Waals surface area (Å²) >= 11 is 6.05. The number of hydrogen-bond acceptors (Lipinski definition) is 3. The Balaban J connectivity index is 1.27. The molecule has 1 aromatic heterocycles. The third-order valence-electron chi connectivity index (χ3n) is 7.41. The molecule has 2 aliphatic heterocycles. The van der Waals surface area contributed by atoms with E-state index in [4.69, 9.17) is 11.6 Å². The molecule has 0 aliphatic carbocycles. The molecule has 3 amide bonds. The topological polar surface area (TPSA) is 94.3 Å². The zero-order chi connectivity index (χ0) is 26.6. The molecule has 3 aromatic carbocycles. The van der Waals surface area contributed by atoms with Gasteiger partial charge in [-0.15, -0.1) is 0 Å². The molecule has 0 fully saturated rings. The van der Waals surface area contributed by atoms with Gasteiger partial charge in [-0.05, 0) is 42.3 Å². The van der Waals surface area contributed by atoms with E-state index in [0.717, 1.165) is 27.7 Å². The lowest BCUT2D eigenvalue weighted by molar-refractivity contribution is -0.131. The highest BCUT2D eigenvalue weighted by Crippen LogP contribution is 2.46. The summed E-state index contributed by atoms with van der Waals surface area (Å²) in [6.45, 7) is 1.43. The minimum absolute atomic E-state index is 0.116. The number of halogens is 2. The van der Waals surface area contributed by atoms with Crippen molar-refractivity contribution in [1.29, 1.82) is 0 Å². The number of H-pyrrole nitrogens is 1. The first kappa shape index (κ1) is 24.2. The highest BCUT2D eigenvalue weighted by molar-refractivity contribution is 6.31. The van der Waals surface area contributed by atoms with Gasteiger partial charge in [-0.2, -0.15) is 0 Å². The Morgan fingerprint density at radius 1 is 1.11 bits per heavy atom. The van der Waals surface area contributed by atoms with Gasteiger partial charge in [0.2, 0.25) is 11.8 Å². The predicted molar refractivity (Wildman–Crippen MR) is 141 cm³/mol. The van der Waals surface area contributed by atoms with E-state index in [1.807, 2.05) is 42.5 Å². The SMILES string of the molecule is C[C@H](NC(=O)[C@@H]1Cc2c([nH]c3ccccc23)[C@@H]2c3ccccc3C(=O)N21)C(=O)NCc1c(F)cccc1Cl. The first-order valence-electron chi connectivity index (χ1n) is 12.4. The third kappa shape index (κ3) is 3.83. The van der Waals surface area contributed by atoms with Crippen molar-refractivity contribution in [3.05, 3.63) is 106 Å². The summed E-state index contributed by atoms with van der Waals surface area (Å²) in [5.41, 5.74) is 4.40. The number of aromatic amines is 1. The standard InChI is InChI=1S/C29H24ClFN4O3/c1-15(27(36)32-14-20-21(30)10-6-11-22(20)31)33-28(37)24-13-19-16-7-4-5-12-23(16)34-25(19)26-17-8-2-3-9-18(17)29(38)35(24)26/h2-12,15,24,26,34H,13-14H2,1H3,(H,32,36)(H,33,37)/t15-,24-,26-/m0/s1. The maximum atomic E-state index is 14.1. The van der Waals surface area contributed by atoms with Gasteiger partial charge in [0.15, 0.2) is 0 Å². The summed E-state index contributed by atoms with van der Waals surface area (Å²) in [7, 11) is 0. The second kappa shape index (κ2) is 9.29. The molecule has 0 radical (unpaired) electrons. The van der Waals surface area contributed by atoms with Crippen LogP contribution in [0.1, 0.15) is 45.7 Å². The lowest BCUT2D eigenvalue weighted by Gasteiger charge is -2.37. The van der Waals surface area contributed by atoms with Crippen molar-refractivity contribution in [2.45, 2.75) is 38.0 Å². The largest absolute Gasteiger partial charge is 0.356 e. The van der Waals surface area contributed by atoms with Crippen molar-refractivity contribution in [2.75, 3.05) is 0 Å². The molecule has 4 aromatic rings. The van der Waals surface area contributed by atoms with Gasteiger partial charge in [-0.25, -0.2) is 4.39 Å². The van der Waals surface area contributed by atoms with Crippen molar-refractivity contribution < 1.29 is 18.8 Å². The molecule has 3 N–H and O–H groups in total. The highest BCUT2D eigenvalue weighted by Gasteiger charge is 2.49. The van der Waals surface area contributed by atoms with Crippen molar-refractivity contribution in [2.24, 2.45) is 0 Å². The lowest BCUT2D eigenvalue weighted by atomic mass is 9.90. The second-order valence-corrected chi connectivity index (χ2v) is 10.0. The molecule has 3 atom stereocenters. The van der Waals surface area contributed by atoms with Gasteiger partial charge in [-0.1, -0.05) is 54.1 Å². The Bertz CT molecular complexity index is 1600. The van der Waals surface area contributed by atoms with E-state index in [0.29, 0.717) is 12.0 Å². The van der Waals surface area contributed by atoms with Crippen molar-refractivity contribution in [1.82, 2.24) is 20.5 Å². The fourth-order valence-electron chi connectivity index (χ4n) is 5.54.